The number of hydrogen-bond donors (Lipinski definition) is 1. The van der Waals surface area contributed by atoms with E-state index in [9.17, 15) is 0 Å². The van der Waals surface area contributed by atoms with Crippen molar-refractivity contribution in [3.63, 3.8) is 0 Å². The molecule has 0 radical (unpaired) electrons. The molecule has 2 rings (SSSR count). The molecule has 1 N–H and O–H groups in total. The van der Waals surface area contributed by atoms with E-state index in [2.05, 4.69) is 23.3 Å². The van der Waals surface area contributed by atoms with E-state index in [1.807, 2.05) is 37.4 Å². The number of ether oxygens (including phenoxy) is 1. The standard InChI is InChI=1S/C15H18N2O/c1-12(16-2)14-5-3-4-6-15(14)18-11-13-7-9-17-10-8-13/h3-10,12,16H,11H2,1-2H3. The van der Waals surface area contributed by atoms with Gasteiger partial charge in [0.05, 0.1) is 0 Å². The number of nitrogens with one attached hydrogen (secondary N) is 1. The van der Waals surface area contributed by atoms with Gasteiger partial charge < -0.3 is 10.1 Å². The van der Waals surface area contributed by atoms with Crippen molar-refractivity contribution in [2.75, 3.05) is 7.05 Å². The molecule has 0 aliphatic heterocycles. The van der Waals surface area contributed by atoms with Crippen LogP contribution in [0.4, 0.5) is 0 Å². The van der Waals surface area contributed by atoms with Crippen molar-refractivity contribution >= 4 is 0 Å². The van der Waals surface area contributed by atoms with E-state index in [1.54, 1.807) is 12.4 Å². The third-order valence-electron chi connectivity index (χ3n) is 2.96. The number of hydrogen-bond acceptors (Lipinski definition) is 3. The van der Waals surface area contributed by atoms with Crippen molar-refractivity contribution in [1.82, 2.24) is 10.3 Å². The Kier molecular flexibility index (Phi) is 4.31. The van der Waals surface area contributed by atoms with Crippen molar-refractivity contribution in [3.05, 3.63) is 59.9 Å². The molecule has 0 aliphatic rings. The van der Waals surface area contributed by atoms with Gasteiger partial charge >= 0.3 is 0 Å². The van der Waals surface area contributed by atoms with Gasteiger partial charge in [0, 0.05) is 24.0 Å². The maximum Gasteiger partial charge on any atom is 0.124 e. The molecule has 3 heteroatoms. The molecule has 0 saturated heterocycles. The zero-order valence-corrected chi connectivity index (χ0v) is 10.8. The van der Waals surface area contributed by atoms with Gasteiger partial charge in [-0.05, 0) is 37.7 Å². The summed E-state index contributed by atoms with van der Waals surface area (Å²) in [6.07, 6.45) is 3.56. The zero-order chi connectivity index (χ0) is 12.8. The summed E-state index contributed by atoms with van der Waals surface area (Å²) in [6, 6.07) is 12.3. The van der Waals surface area contributed by atoms with Crippen LogP contribution >= 0.6 is 0 Å². The normalized spacial score (nSPS) is 12.1. The summed E-state index contributed by atoms with van der Waals surface area (Å²) in [7, 11) is 1.95. The predicted octanol–water partition coefficient (Wildman–Crippen LogP) is 2.94. The SMILES string of the molecule is CNC(C)c1ccccc1OCc1ccncc1. The van der Waals surface area contributed by atoms with Crippen molar-refractivity contribution in [1.29, 1.82) is 0 Å². The Morgan fingerprint density at radius 2 is 1.89 bits per heavy atom. The van der Waals surface area contributed by atoms with Crippen molar-refractivity contribution in [2.45, 2.75) is 19.6 Å². The van der Waals surface area contributed by atoms with Gasteiger partial charge in [0.15, 0.2) is 0 Å². The lowest BCUT2D eigenvalue weighted by atomic mass is 10.1. The highest BCUT2D eigenvalue weighted by atomic mass is 16.5. The van der Waals surface area contributed by atoms with Crippen molar-refractivity contribution < 1.29 is 4.74 Å². The van der Waals surface area contributed by atoms with Crippen LogP contribution < -0.4 is 10.1 Å². The number of nitrogens with zero attached hydrogens (tertiary/aromatic N) is 1. The van der Waals surface area contributed by atoms with Crippen LogP contribution in [0.15, 0.2) is 48.8 Å². The van der Waals surface area contributed by atoms with Crippen LogP contribution in [0.5, 0.6) is 5.75 Å². The van der Waals surface area contributed by atoms with Crippen LogP contribution in [0.1, 0.15) is 24.1 Å². The van der Waals surface area contributed by atoms with Crippen LogP contribution in [0.2, 0.25) is 0 Å². The monoisotopic (exact) mass is 242 g/mol. The van der Waals surface area contributed by atoms with E-state index in [-0.39, 0.29) is 6.04 Å². The van der Waals surface area contributed by atoms with Gasteiger partial charge in [-0.15, -0.1) is 0 Å². The summed E-state index contributed by atoms with van der Waals surface area (Å²) in [4.78, 5) is 3.99. The van der Waals surface area contributed by atoms with Gasteiger partial charge in [-0.1, -0.05) is 18.2 Å². The Morgan fingerprint density at radius 1 is 1.17 bits per heavy atom. The van der Waals surface area contributed by atoms with E-state index in [0.717, 1.165) is 11.3 Å². The van der Waals surface area contributed by atoms with Gasteiger partial charge in [0.25, 0.3) is 0 Å². The van der Waals surface area contributed by atoms with Gasteiger partial charge in [0.2, 0.25) is 0 Å². The minimum atomic E-state index is 0.277. The lowest BCUT2D eigenvalue weighted by molar-refractivity contribution is 0.300. The summed E-state index contributed by atoms with van der Waals surface area (Å²) < 4.78 is 5.88. The largest absolute Gasteiger partial charge is 0.489 e. The first-order valence-corrected chi connectivity index (χ1v) is 6.09. The summed E-state index contributed by atoms with van der Waals surface area (Å²) >= 11 is 0. The Bertz CT molecular complexity index is 485. The molecule has 0 fully saturated rings. The fourth-order valence-electron chi connectivity index (χ4n) is 1.77. The highest BCUT2D eigenvalue weighted by Gasteiger charge is 2.08. The Hall–Kier alpha value is -1.87. The van der Waals surface area contributed by atoms with Crippen molar-refractivity contribution in [3.8, 4) is 5.75 Å². The molecule has 2 aromatic rings. The topological polar surface area (TPSA) is 34.1 Å². The number of aromatic nitrogens is 1. The van der Waals surface area contributed by atoms with Gasteiger partial charge in [-0.25, -0.2) is 0 Å². The van der Waals surface area contributed by atoms with Gasteiger partial charge in [-0.2, -0.15) is 0 Å². The number of rotatable bonds is 5. The molecule has 94 valence electrons. The lowest BCUT2D eigenvalue weighted by Gasteiger charge is -2.16. The van der Waals surface area contributed by atoms with Crippen LogP contribution in [0.25, 0.3) is 0 Å². The van der Waals surface area contributed by atoms with Crippen molar-refractivity contribution in [2.24, 2.45) is 0 Å². The zero-order valence-electron chi connectivity index (χ0n) is 10.8. The number of pyridine rings is 1. The molecule has 1 aromatic heterocycles. The van der Waals surface area contributed by atoms with E-state index in [0.29, 0.717) is 6.61 Å². The first kappa shape index (κ1) is 12.6. The molecule has 1 heterocycles. The second-order valence-electron chi connectivity index (χ2n) is 4.19. The summed E-state index contributed by atoms with van der Waals surface area (Å²) in [5.74, 6) is 0.927. The highest BCUT2D eigenvalue weighted by molar-refractivity contribution is 5.35. The van der Waals surface area contributed by atoms with E-state index in [1.165, 1.54) is 5.56 Å². The molecule has 1 unspecified atom stereocenters. The van der Waals surface area contributed by atoms with E-state index >= 15 is 0 Å². The van der Waals surface area contributed by atoms with Gasteiger partial charge in [-0.3, -0.25) is 4.98 Å². The molecule has 0 amide bonds. The third-order valence-corrected chi connectivity index (χ3v) is 2.96. The fraction of sp³-hybridized carbons (Fsp3) is 0.267. The molecule has 0 spiro atoms. The predicted molar refractivity (Wildman–Crippen MR) is 72.5 cm³/mol. The summed E-state index contributed by atoms with van der Waals surface area (Å²) in [5, 5.41) is 3.23. The third kappa shape index (κ3) is 3.08. The fourth-order valence-corrected chi connectivity index (χ4v) is 1.77. The van der Waals surface area contributed by atoms with Crippen LogP contribution in [0, 0.1) is 0 Å². The first-order chi connectivity index (χ1) is 8.81. The molecule has 1 atom stereocenters. The smallest absolute Gasteiger partial charge is 0.124 e. The van der Waals surface area contributed by atoms with Crippen LogP contribution in [-0.4, -0.2) is 12.0 Å². The quantitative estimate of drug-likeness (QED) is 0.875. The number of para-hydroxylation sites is 1. The van der Waals surface area contributed by atoms with Crippen LogP contribution in [0.3, 0.4) is 0 Å². The molecule has 18 heavy (non-hydrogen) atoms. The molecule has 0 aliphatic carbocycles. The Labute approximate surface area is 108 Å². The van der Waals surface area contributed by atoms with E-state index < -0.39 is 0 Å². The molecule has 3 nitrogen and oxygen atoms in total. The van der Waals surface area contributed by atoms with Gasteiger partial charge in [0.1, 0.15) is 12.4 Å². The molecular weight excluding hydrogens is 224 g/mol. The molecule has 1 aromatic carbocycles. The average Bonchev–Trinajstić information content (AvgIpc) is 2.45. The molecular formula is C15H18N2O. The van der Waals surface area contributed by atoms with Crippen LogP contribution in [-0.2, 0) is 6.61 Å². The minimum Gasteiger partial charge on any atom is -0.489 e. The maximum atomic E-state index is 5.88. The maximum absolute atomic E-state index is 5.88. The summed E-state index contributed by atoms with van der Waals surface area (Å²) in [5.41, 5.74) is 2.30. The summed E-state index contributed by atoms with van der Waals surface area (Å²) in [6.45, 7) is 2.69. The Balaban J connectivity index is 2.10. The first-order valence-electron chi connectivity index (χ1n) is 6.09. The van der Waals surface area contributed by atoms with E-state index in [4.69, 9.17) is 4.74 Å². The second kappa shape index (κ2) is 6.17. The number of benzene rings is 1. The highest BCUT2D eigenvalue weighted by Crippen LogP contribution is 2.25. The average molecular weight is 242 g/mol. The Morgan fingerprint density at radius 3 is 2.61 bits per heavy atom. The lowest BCUT2D eigenvalue weighted by Crippen LogP contribution is -2.13. The molecule has 0 bridgehead atoms. The molecule has 0 saturated carbocycles. The second-order valence-corrected chi connectivity index (χ2v) is 4.19. The minimum absolute atomic E-state index is 0.277.